The lowest BCUT2D eigenvalue weighted by atomic mass is 9.86. The quantitative estimate of drug-likeness (QED) is 0.599. The molecule has 7 heteroatoms. The number of nitrogens with zero attached hydrogens (tertiary/aromatic N) is 2. The van der Waals surface area contributed by atoms with E-state index >= 15 is 0 Å². The van der Waals surface area contributed by atoms with Gasteiger partial charge in [-0.15, -0.1) is 0 Å². The molecule has 0 fully saturated rings. The molecular weight excluding hydrogens is 359 g/mol. The first-order valence-corrected chi connectivity index (χ1v) is 8.82. The van der Waals surface area contributed by atoms with Gasteiger partial charge in [0.05, 0.1) is 12.1 Å². The summed E-state index contributed by atoms with van der Waals surface area (Å²) in [5.41, 5.74) is 3.19. The van der Waals surface area contributed by atoms with Gasteiger partial charge in [-0.25, -0.2) is 4.99 Å². The van der Waals surface area contributed by atoms with Crippen LogP contribution in [0.1, 0.15) is 33.3 Å². The maximum absolute atomic E-state index is 11.1. The summed E-state index contributed by atoms with van der Waals surface area (Å²) in [6, 6.07) is 3.96. The lowest BCUT2D eigenvalue weighted by Gasteiger charge is -2.20. The van der Waals surface area contributed by atoms with Gasteiger partial charge < -0.3 is 5.32 Å². The summed E-state index contributed by atoms with van der Waals surface area (Å²) >= 11 is 12.4. The van der Waals surface area contributed by atoms with Crippen LogP contribution in [-0.2, 0) is 10.2 Å². The Morgan fingerprint density at radius 3 is 2.64 bits per heavy atom. The van der Waals surface area contributed by atoms with Crippen LogP contribution in [0.4, 0.5) is 5.82 Å². The van der Waals surface area contributed by atoms with Crippen molar-refractivity contribution in [1.82, 2.24) is 10.2 Å². The largest absolute Gasteiger partial charge is 0.363 e. The molecule has 1 aliphatic rings. The highest BCUT2D eigenvalue weighted by molar-refractivity contribution is 6.33. The molecule has 3 rings (SSSR count). The van der Waals surface area contributed by atoms with E-state index in [9.17, 15) is 4.79 Å². The summed E-state index contributed by atoms with van der Waals surface area (Å²) in [5, 5.41) is 12.6. The lowest BCUT2D eigenvalue weighted by Crippen LogP contribution is -2.20. The average molecular weight is 379 g/mol. The number of H-pyrrole nitrogens is 1. The molecule has 0 bridgehead atoms. The number of allylic oxidation sites excluding steroid dienone is 1. The van der Waals surface area contributed by atoms with Crippen molar-refractivity contribution in [3.05, 3.63) is 33.4 Å². The number of carbonyl (C=O) groups excluding carboxylic acids is 1. The van der Waals surface area contributed by atoms with E-state index in [0.717, 1.165) is 39.3 Å². The van der Waals surface area contributed by atoms with E-state index in [4.69, 9.17) is 23.2 Å². The number of hydrogen-bond acceptors (Lipinski definition) is 4. The molecule has 132 valence electrons. The Balaban J connectivity index is 1.86. The molecule has 0 radical (unpaired) electrons. The number of hydrogen-bond donors (Lipinski definition) is 2. The SMILES string of the molecule is CC1C(CNc2n[nH]c3cc(Cl)c(C(C)(C)C)cc23)=NC(Cl)=C1C=O. The van der Waals surface area contributed by atoms with E-state index in [1.54, 1.807) is 0 Å². The van der Waals surface area contributed by atoms with Gasteiger partial charge in [-0.3, -0.25) is 9.89 Å². The van der Waals surface area contributed by atoms with Gasteiger partial charge in [0.1, 0.15) is 11.4 Å². The van der Waals surface area contributed by atoms with Crippen molar-refractivity contribution in [3.63, 3.8) is 0 Å². The molecule has 2 heterocycles. The summed E-state index contributed by atoms with van der Waals surface area (Å²) in [6.07, 6.45) is 0.769. The minimum absolute atomic E-state index is 0.0693. The first-order chi connectivity index (χ1) is 11.7. The zero-order valence-electron chi connectivity index (χ0n) is 14.6. The summed E-state index contributed by atoms with van der Waals surface area (Å²) < 4.78 is 0. The number of benzene rings is 1. The number of anilines is 1. The third kappa shape index (κ3) is 3.31. The van der Waals surface area contributed by atoms with E-state index in [-0.39, 0.29) is 16.5 Å². The van der Waals surface area contributed by atoms with Crippen LogP contribution in [-0.4, -0.2) is 28.7 Å². The highest BCUT2D eigenvalue weighted by Crippen LogP contribution is 2.35. The van der Waals surface area contributed by atoms with Crippen molar-refractivity contribution >= 4 is 51.9 Å². The standard InChI is InChI=1S/C18H20Cl2N4O/c1-9-11(8-25)16(20)22-15(9)7-21-17-10-5-12(18(2,3)4)13(19)6-14(10)23-24-17/h5-6,8-9H,7H2,1-4H3,(H2,21,23,24). The van der Waals surface area contributed by atoms with Crippen LogP contribution < -0.4 is 5.32 Å². The minimum Gasteiger partial charge on any atom is -0.363 e. The molecule has 1 aromatic carbocycles. The molecule has 1 aromatic heterocycles. The van der Waals surface area contributed by atoms with E-state index in [1.807, 2.05) is 13.0 Å². The monoisotopic (exact) mass is 378 g/mol. The fraction of sp³-hybridized carbons (Fsp3) is 0.389. The van der Waals surface area contributed by atoms with Crippen LogP contribution in [0.25, 0.3) is 10.9 Å². The van der Waals surface area contributed by atoms with Crippen molar-refractivity contribution in [2.75, 3.05) is 11.9 Å². The second-order valence-corrected chi connectivity index (χ2v) is 8.01. The highest BCUT2D eigenvalue weighted by Gasteiger charge is 2.25. The normalized spacial score (nSPS) is 18.0. The van der Waals surface area contributed by atoms with E-state index < -0.39 is 0 Å². The highest BCUT2D eigenvalue weighted by atomic mass is 35.5. The zero-order valence-corrected chi connectivity index (χ0v) is 16.1. The summed E-state index contributed by atoms with van der Waals surface area (Å²) in [5.74, 6) is 0.630. The Kier molecular flexibility index (Phi) is 4.64. The topological polar surface area (TPSA) is 70.1 Å². The summed E-state index contributed by atoms with van der Waals surface area (Å²) in [4.78, 5) is 15.4. The maximum Gasteiger partial charge on any atom is 0.156 e. The van der Waals surface area contributed by atoms with Crippen molar-refractivity contribution in [2.45, 2.75) is 33.1 Å². The fourth-order valence-corrected chi connectivity index (χ4v) is 3.67. The van der Waals surface area contributed by atoms with Crippen LogP contribution in [0.5, 0.6) is 0 Å². The van der Waals surface area contributed by atoms with Gasteiger partial charge in [-0.1, -0.05) is 50.9 Å². The molecule has 0 saturated heterocycles. The first kappa shape index (κ1) is 18.0. The van der Waals surface area contributed by atoms with Gasteiger partial charge >= 0.3 is 0 Å². The molecule has 0 saturated carbocycles. The summed E-state index contributed by atoms with van der Waals surface area (Å²) in [7, 11) is 0. The Morgan fingerprint density at radius 2 is 2.04 bits per heavy atom. The number of nitrogens with one attached hydrogen (secondary N) is 2. The number of aromatic nitrogens is 2. The van der Waals surface area contributed by atoms with Gasteiger partial charge in [0, 0.05) is 27.6 Å². The van der Waals surface area contributed by atoms with Crippen LogP contribution in [0.3, 0.4) is 0 Å². The lowest BCUT2D eigenvalue weighted by molar-refractivity contribution is -0.105. The second kappa shape index (κ2) is 6.46. The zero-order chi connectivity index (χ0) is 18.4. The number of fused-ring (bicyclic) bond motifs is 1. The number of aldehydes is 1. The molecule has 2 aromatic rings. The van der Waals surface area contributed by atoms with E-state index in [0.29, 0.717) is 12.1 Å². The molecule has 1 atom stereocenters. The average Bonchev–Trinajstić information content (AvgIpc) is 3.03. The van der Waals surface area contributed by atoms with E-state index in [1.165, 1.54) is 0 Å². The van der Waals surface area contributed by atoms with Crippen molar-refractivity contribution < 1.29 is 4.79 Å². The predicted molar refractivity (Wildman–Crippen MR) is 104 cm³/mol. The van der Waals surface area contributed by atoms with Gasteiger partial charge in [0.2, 0.25) is 0 Å². The Hall–Kier alpha value is -1.85. The number of rotatable bonds is 4. The van der Waals surface area contributed by atoms with Gasteiger partial charge in [-0.05, 0) is 23.1 Å². The molecule has 1 unspecified atom stereocenters. The molecule has 1 aliphatic heterocycles. The summed E-state index contributed by atoms with van der Waals surface area (Å²) in [6.45, 7) is 8.74. The number of halogens is 2. The second-order valence-electron chi connectivity index (χ2n) is 7.24. The third-order valence-electron chi connectivity index (χ3n) is 4.47. The Bertz CT molecular complexity index is 906. The minimum atomic E-state index is -0.0951. The smallest absolute Gasteiger partial charge is 0.156 e. The van der Waals surface area contributed by atoms with Gasteiger partial charge in [0.25, 0.3) is 0 Å². The van der Waals surface area contributed by atoms with Crippen LogP contribution in [0.2, 0.25) is 5.02 Å². The van der Waals surface area contributed by atoms with Gasteiger partial charge in [0.15, 0.2) is 5.82 Å². The van der Waals surface area contributed by atoms with Crippen molar-refractivity contribution in [1.29, 1.82) is 0 Å². The molecule has 0 spiro atoms. The van der Waals surface area contributed by atoms with E-state index in [2.05, 4.69) is 47.3 Å². The molecule has 25 heavy (non-hydrogen) atoms. The van der Waals surface area contributed by atoms with Crippen molar-refractivity contribution in [2.24, 2.45) is 10.9 Å². The predicted octanol–water partition coefficient (Wildman–Crippen LogP) is 4.67. The number of aliphatic imine (C=N–C) groups is 1. The molecule has 0 aliphatic carbocycles. The third-order valence-corrected chi connectivity index (χ3v) is 5.08. The van der Waals surface area contributed by atoms with Crippen LogP contribution >= 0.6 is 23.2 Å². The van der Waals surface area contributed by atoms with Crippen molar-refractivity contribution in [3.8, 4) is 0 Å². The molecule has 0 amide bonds. The van der Waals surface area contributed by atoms with Crippen LogP contribution in [0.15, 0.2) is 27.9 Å². The van der Waals surface area contributed by atoms with Crippen LogP contribution in [0, 0.1) is 5.92 Å². The Labute approximate surface area is 156 Å². The number of carbonyl (C=O) groups is 1. The molecule has 2 N–H and O–H groups in total. The Morgan fingerprint density at radius 1 is 1.32 bits per heavy atom. The first-order valence-electron chi connectivity index (χ1n) is 8.06. The fourth-order valence-electron chi connectivity index (χ4n) is 2.91. The molecule has 5 nitrogen and oxygen atoms in total. The maximum atomic E-state index is 11.1. The number of aromatic amines is 1. The molecular formula is C18H20Cl2N4O. The van der Waals surface area contributed by atoms with Gasteiger partial charge in [-0.2, -0.15) is 5.10 Å².